The summed E-state index contributed by atoms with van der Waals surface area (Å²) in [5.74, 6) is 0.926. The molecule has 0 fully saturated rings. The normalized spacial score (nSPS) is 12.0. The minimum atomic E-state index is -0.327. The standard InChI is InChI=1S/C16H18N2O2S/c1-13(15-9-5-6-10-16(15)18(19)20)17-11-12-21-14-7-3-2-4-8-14/h2-10,13,17H,11-12H2,1H3. The first-order chi connectivity index (χ1) is 10.2. The molecule has 2 rings (SSSR count). The third-order valence-corrected chi connectivity index (χ3v) is 4.18. The van der Waals surface area contributed by atoms with Gasteiger partial charge >= 0.3 is 0 Å². The van der Waals surface area contributed by atoms with Crippen molar-refractivity contribution in [2.45, 2.75) is 17.9 Å². The van der Waals surface area contributed by atoms with Gasteiger partial charge in [0, 0.05) is 34.9 Å². The van der Waals surface area contributed by atoms with Crippen LogP contribution in [-0.4, -0.2) is 17.2 Å². The number of rotatable bonds is 7. The van der Waals surface area contributed by atoms with Gasteiger partial charge in [-0.3, -0.25) is 10.1 Å². The average Bonchev–Trinajstić information content (AvgIpc) is 2.52. The van der Waals surface area contributed by atoms with Crippen LogP contribution in [0.2, 0.25) is 0 Å². The van der Waals surface area contributed by atoms with E-state index >= 15 is 0 Å². The van der Waals surface area contributed by atoms with Crippen molar-refractivity contribution in [2.75, 3.05) is 12.3 Å². The van der Waals surface area contributed by atoms with Crippen molar-refractivity contribution in [1.29, 1.82) is 0 Å². The van der Waals surface area contributed by atoms with Crippen LogP contribution in [0.1, 0.15) is 18.5 Å². The molecule has 0 saturated carbocycles. The zero-order chi connectivity index (χ0) is 15.1. The van der Waals surface area contributed by atoms with Gasteiger partial charge in [0.1, 0.15) is 0 Å². The molecule has 1 N–H and O–H groups in total. The summed E-state index contributed by atoms with van der Waals surface area (Å²) in [4.78, 5) is 11.9. The molecule has 0 saturated heterocycles. The van der Waals surface area contributed by atoms with Crippen LogP contribution in [0.5, 0.6) is 0 Å². The molecule has 0 aromatic heterocycles. The molecule has 0 aliphatic heterocycles. The molecule has 0 aliphatic carbocycles. The van der Waals surface area contributed by atoms with Gasteiger partial charge in [-0.1, -0.05) is 36.4 Å². The summed E-state index contributed by atoms with van der Waals surface area (Å²) < 4.78 is 0. The fourth-order valence-corrected chi connectivity index (χ4v) is 2.90. The van der Waals surface area contributed by atoms with Crippen molar-refractivity contribution in [1.82, 2.24) is 5.32 Å². The van der Waals surface area contributed by atoms with Crippen molar-refractivity contribution in [3.8, 4) is 0 Å². The lowest BCUT2D eigenvalue weighted by Crippen LogP contribution is -2.22. The van der Waals surface area contributed by atoms with E-state index < -0.39 is 0 Å². The molecular weight excluding hydrogens is 284 g/mol. The lowest BCUT2D eigenvalue weighted by molar-refractivity contribution is -0.385. The van der Waals surface area contributed by atoms with Crippen molar-refractivity contribution >= 4 is 17.4 Å². The molecule has 0 bridgehead atoms. The molecule has 1 unspecified atom stereocenters. The second-order valence-corrected chi connectivity index (χ2v) is 5.82. The number of benzene rings is 2. The maximum absolute atomic E-state index is 11.0. The molecule has 0 radical (unpaired) electrons. The van der Waals surface area contributed by atoms with E-state index in [-0.39, 0.29) is 16.7 Å². The fraction of sp³-hybridized carbons (Fsp3) is 0.250. The summed E-state index contributed by atoms with van der Waals surface area (Å²) >= 11 is 1.77. The van der Waals surface area contributed by atoms with Gasteiger partial charge in [0.25, 0.3) is 5.69 Å². The molecule has 0 spiro atoms. The largest absolute Gasteiger partial charge is 0.309 e. The summed E-state index contributed by atoms with van der Waals surface area (Å²) in [6, 6.07) is 17.0. The second kappa shape index (κ2) is 7.81. The molecule has 4 nitrogen and oxygen atoms in total. The first-order valence-electron chi connectivity index (χ1n) is 6.83. The second-order valence-electron chi connectivity index (χ2n) is 4.65. The van der Waals surface area contributed by atoms with E-state index in [0.29, 0.717) is 0 Å². The van der Waals surface area contributed by atoms with Crippen LogP contribution < -0.4 is 5.32 Å². The van der Waals surface area contributed by atoms with Crippen molar-refractivity contribution in [3.05, 3.63) is 70.3 Å². The Kier molecular flexibility index (Phi) is 5.78. The topological polar surface area (TPSA) is 55.2 Å². The van der Waals surface area contributed by atoms with Crippen LogP contribution in [-0.2, 0) is 0 Å². The first kappa shape index (κ1) is 15.5. The molecule has 5 heteroatoms. The molecular formula is C16H18N2O2S. The highest BCUT2D eigenvalue weighted by Crippen LogP contribution is 2.24. The van der Waals surface area contributed by atoms with E-state index in [2.05, 4.69) is 17.4 Å². The highest BCUT2D eigenvalue weighted by atomic mass is 32.2. The Balaban J connectivity index is 1.85. The summed E-state index contributed by atoms with van der Waals surface area (Å²) in [5, 5.41) is 14.4. The van der Waals surface area contributed by atoms with Crippen LogP contribution in [0.15, 0.2) is 59.5 Å². The summed E-state index contributed by atoms with van der Waals surface area (Å²) in [6.45, 7) is 2.75. The summed E-state index contributed by atoms with van der Waals surface area (Å²) in [5.41, 5.74) is 0.903. The molecule has 21 heavy (non-hydrogen) atoms. The third kappa shape index (κ3) is 4.58. The van der Waals surface area contributed by atoms with Crippen LogP contribution in [0.25, 0.3) is 0 Å². The predicted molar refractivity (Wildman–Crippen MR) is 86.7 cm³/mol. The van der Waals surface area contributed by atoms with Crippen molar-refractivity contribution in [2.24, 2.45) is 0 Å². The first-order valence-corrected chi connectivity index (χ1v) is 7.81. The van der Waals surface area contributed by atoms with E-state index in [0.717, 1.165) is 17.9 Å². The highest BCUT2D eigenvalue weighted by molar-refractivity contribution is 7.99. The smallest absolute Gasteiger partial charge is 0.274 e. The Labute approximate surface area is 128 Å². The average molecular weight is 302 g/mol. The van der Waals surface area contributed by atoms with E-state index in [4.69, 9.17) is 0 Å². The Morgan fingerprint density at radius 3 is 2.52 bits per heavy atom. The van der Waals surface area contributed by atoms with E-state index in [9.17, 15) is 10.1 Å². The van der Waals surface area contributed by atoms with Gasteiger partial charge in [0.2, 0.25) is 0 Å². The SMILES string of the molecule is CC(NCCSc1ccccc1)c1ccccc1[N+](=O)[O-]. The molecule has 0 amide bonds. The molecule has 2 aromatic carbocycles. The number of nitrogens with one attached hydrogen (secondary N) is 1. The van der Waals surface area contributed by atoms with Gasteiger partial charge in [-0.25, -0.2) is 0 Å². The Hall–Kier alpha value is -1.85. The Bertz CT molecular complexity index is 590. The summed E-state index contributed by atoms with van der Waals surface area (Å²) in [6.07, 6.45) is 0. The van der Waals surface area contributed by atoms with Crippen molar-refractivity contribution in [3.63, 3.8) is 0 Å². The van der Waals surface area contributed by atoms with Crippen molar-refractivity contribution < 1.29 is 4.92 Å². The number of hydrogen-bond donors (Lipinski definition) is 1. The maximum atomic E-state index is 11.0. The van der Waals surface area contributed by atoms with Gasteiger partial charge in [-0.2, -0.15) is 0 Å². The monoisotopic (exact) mass is 302 g/mol. The Morgan fingerprint density at radius 2 is 1.81 bits per heavy atom. The lowest BCUT2D eigenvalue weighted by Gasteiger charge is -2.14. The molecule has 2 aromatic rings. The highest BCUT2D eigenvalue weighted by Gasteiger charge is 2.17. The lowest BCUT2D eigenvalue weighted by atomic mass is 10.1. The van der Waals surface area contributed by atoms with Crippen LogP contribution >= 0.6 is 11.8 Å². The van der Waals surface area contributed by atoms with Crippen LogP contribution in [0, 0.1) is 10.1 Å². The minimum absolute atomic E-state index is 0.0389. The number of hydrogen-bond acceptors (Lipinski definition) is 4. The number of nitro benzene ring substituents is 1. The van der Waals surface area contributed by atoms with Gasteiger partial charge in [0.15, 0.2) is 0 Å². The van der Waals surface area contributed by atoms with E-state index in [1.807, 2.05) is 31.2 Å². The quantitative estimate of drug-likeness (QED) is 0.363. The Morgan fingerprint density at radius 1 is 1.14 bits per heavy atom. The fourth-order valence-electron chi connectivity index (χ4n) is 2.09. The summed E-state index contributed by atoms with van der Waals surface area (Å²) in [7, 11) is 0. The predicted octanol–water partition coefficient (Wildman–Crippen LogP) is 4.04. The number of thioether (sulfide) groups is 1. The van der Waals surface area contributed by atoms with Crippen LogP contribution in [0.3, 0.4) is 0 Å². The zero-order valence-corrected chi connectivity index (χ0v) is 12.7. The van der Waals surface area contributed by atoms with E-state index in [1.54, 1.807) is 30.0 Å². The molecule has 1 atom stereocenters. The maximum Gasteiger partial charge on any atom is 0.274 e. The van der Waals surface area contributed by atoms with Gasteiger partial charge in [-0.15, -0.1) is 11.8 Å². The molecule has 110 valence electrons. The zero-order valence-electron chi connectivity index (χ0n) is 11.9. The number of para-hydroxylation sites is 1. The van der Waals surface area contributed by atoms with Crippen LogP contribution in [0.4, 0.5) is 5.69 Å². The molecule has 0 aliphatic rings. The number of nitrogens with zero attached hydrogens (tertiary/aromatic N) is 1. The van der Waals surface area contributed by atoms with Gasteiger partial charge in [-0.05, 0) is 19.1 Å². The number of nitro groups is 1. The van der Waals surface area contributed by atoms with E-state index in [1.165, 1.54) is 4.90 Å². The minimum Gasteiger partial charge on any atom is -0.309 e. The third-order valence-electron chi connectivity index (χ3n) is 3.16. The van der Waals surface area contributed by atoms with Gasteiger partial charge in [0.05, 0.1) is 4.92 Å². The molecule has 0 heterocycles. The van der Waals surface area contributed by atoms with Gasteiger partial charge < -0.3 is 5.32 Å².